The number of likely N-dealkylation sites (tertiary alicyclic amines) is 1. The summed E-state index contributed by atoms with van der Waals surface area (Å²) in [5.74, 6) is 0.377. The molecule has 1 fully saturated rings. The summed E-state index contributed by atoms with van der Waals surface area (Å²) in [6, 6.07) is 10.4. The van der Waals surface area contributed by atoms with Crippen LogP contribution in [0, 0.1) is 17.2 Å². The molecule has 20 heavy (non-hydrogen) atoms. The van der Waals surface area contributed by atoms with Crippen molar-refractivity contribution in [3.8, 4) is 6.07 Å². The van der Waals surface area contributed by atoms with Crippen LogP contribution in [0.4, 0.5) is 0 Å². The molecule has 0 saturated carbocycles. The average molecular weight is 273 g/mol. The molecule has 0 aromatic heterocycles. The first kappa shape index (κ1) is 15.0. The molecular formula is C16H23N3O. The second-order valence-corrected chi connectivity index (χ2v) is 5.81. The van der Waals surface area contributed by atoms with Crippen LogP contribution in [-0.2, 0) is 6.54 Å². The molecule has 0 aliphatic carbocycles. The summed E-state index contributed by atoms with van der Waals surface area (Å²) in [5, 5.41) is 18.3. The van der Waals surface area contributed by atoms with E-state index in [2.05, 4.69) is 30.0 Å². The summed E-state index contributed by atoms with van der Waals surface area (Å²) in [6.07, 6.45) is 1.04. The van der Waals surface area contributed by atoms with Gasteiger partial charge in [0.15, 0.2) is 0 Å². The zero-order valence-corrected chi connectivity index (χ0v) is 12.3. The van der Waals surface area contributed by atoms with Crippen molar-refractivity contribution >= 4 is 0 Å². The van der Waals surface area contributed by atoms with Gasteiger partial charge in [0, 0.05) is 25.7 Å². The van der Waals surface area contributed by atoms with Crippen molar-refractivity contribution in [2.24, 2.45) is 5.92 Å². The molecule has 1 aliphatic rings. The van der Waals surface area contributed by atoms with E-state index in [0.29, 0.717) is 17.5 Å². The number of hydrogen-bond donors (Lipinski definition) is 1. The lowest BCUT2D eigenvalue weighted by molar-refractivity contribution is 0.0461. The molecule has 0 amide bonds. The van der Waals surface area contributed by atoms with Gasteiger partial charge in [0.25, 0.3) is 0 Å². The molecular weight excluding hydrogens is 250 g/mol. The van der Waals surface area contributed by atoms with Crippen molar-refractivity contribution in [3.63, 3.8) is 0 Å². The third-order valence-electron chi connectivity index (χ3n) is 4.19. The molecule has 4 heteroatoms. The van der Waals surface area contributed by atoms with E-state index in [9.17, 15) is 5.11 Å². The summed E-state index contributed by atoms with van der Waals surface area (Å²) < 4.78 is 0. The van der Waals surface area contributed by atoms with Crippen molar-refractivity contribution < 1.29 is 5.11 Å². The minimum absolute atomic E-state index is 0.271. The zero-order chi connectivity index (χ0) is 14.5. The monoisotopic (exact) mass is 273 g/mol. The Bertz CT molecular complexity index is 464. The van der Waals surface area contributed by atoms with Gasteiger partial charge in [-0.1, -0.05) is 12.1 Å². The molecule has 4 nitrogen and oxygen atoms in total. The molecule has 1 heterocycles. The Balaban J connectivity index is 1.98. The Morgan fingerprint density at radius 2 is 2.05 bits per heavy atom. The lowest BCUT2D eigenvalue weighted by atomic mass is 9.91. The van der Waals surface area contributed by atoms with E-state index in [1.54, 1.807) is 0 Å². The first-order valence-electron chi connectivity index (χ1n) is 7.12. The van der Waals surface area contributed by atoms with Crippen LogP contribution in [0.2, 0.25) is 0 Å². The minimum Gasteiger partial charge on any atom is -0.396 e. The number of rotatable bonds is 4. The van der Waals surface area contributed by atoms with Crippen LogP contribution < -0.4 is 0 Å². The molecule has 0 bridgehead atoms. The van der Waals surface area contributed by atoms with E-state index in [-0.39, 0.29) is 6.61 Å². The normalized spacial score (nSPS) is 23.8. The Kier molecular flexibility index (Phi) is 5.13. The standard InChI is InChI=1S/C16H23N3O/c1-18(2)16-11-19(8-7-15(16)12-20)10-14-5-3-13(9-17)4-6-14/h3-6,15-16,20H,7-8,10-12H2,1-2H3/t15-,16-/m1/s1. The Hall–Kier alpha value is -1.41. The van der Waals surface area contributed by atoms with Gasteiger partial charge in [0.05, 0.1) is 11.6 Å². The van der Waals surface area contributed by atoms with Gasteiger partial charge in [-0.05, 0) is 50.7 Å². The Labute approximate surface area is 121 Å². The van der Waals surface area contributed by atoms with Crippen molar-refractivity contribution in [3.05, 3.63) is 35.4 Å². The lowest BCUT2D eigenvalue weighted by Crippen LogP contribution is -2.51. The number of nitrogens with zero attached hydrogens (tertiary/aromatic N) is 3. The van der Waals surface area contributed by atoms with Gasteiger partial charge in [-0.25, -0.2) is 0 Å². The quantitative estimate of drug-likeness (QED) is 0.898. The largest absolute Gasteiger partial charge is 0.396 e. The number of likely N-dealkylation sites (N-methyl/N-ethyl adjacent to an activating group) is 1. The number of hydrogen-bond acceptors (Lipinski definition) is 4. The maximum absolute atomic E-state index is 9.47. The summed E-state index contributed by atoms with van der Waals surface area (Å²) in [6.45, 7) is 3.19. The number of piperidine rings is 1. The number of aliphatic hydroxyl groups is 1. The number of nitriles is 1. The van der Waals surface area contributed by atoms with E-state index >= 15 is 0 Å². The van der Waals surface area contributed by atoms with Crippen LogP contribution in [0.25, 0.3) is 0 Å². The van der Waals surface area contributed by atoms with E-state index < -0.39 is 0 Å². The minimum atomic E-state index is 0.271. The Morgan fingerprint density at radius 3 is 2.60 bits per heavy atom. The van der Waals surface area contributed by atoms with Gasteiger partial charge in [0.2, 0.25) is 0 Å². The van der Waals surface area contributed by atoms with Crippen molar-refractivity contribution in [1.29, 1.82) is 5.26 Å². The van der Waals surface area contributed by atoms with Gasteiger partial charge >= 0.3 is 0 Å². The fourth-order valence-corrected chi connectivity index (χ4v) is 2.93. The maximum Gasteiger partial charge on any atom is 0.0991 e. The van der Waals surface area contributed by atoms with Gasteiger partial charge in [-0.15, -0.1) is 0 Å². The van der Waals surface area contributed by atoms with E-state index in [1.165, 1.54) is 5.56 Å². The van der Waals surface area contributed by atoms with Crippen molar-refractivity contribution in [2.45, 2.75) is 19.0 Å². The third kappa shape index (κ3) is 3.57. The highest BCUT2D eigenvalue weighted by Crippen LogP contribution is 2.22. The molecule has 0 spiro atoms. The van der Waals surface area contributed by atoms with Gasteiger partial charge < -0.3 is 10.0 Å². The molecule has 1 aliphatic heterocycles. The molecule has 2 atom stereocenters. The highest BCUT2D eigenvalue weighted by molar-refractivity contribution is 5.31. The summed E-state index contributed by atoms with van der Waals surface area (Å²) in [7, 11) is 4.16. The smallest absolute Gasteiger partial charge is 0.0991 e. The summed E-state index contributed by atoms with van der Waals surface area (Å²) in [4.78, 5) is 4.64. The second-order valence-electron chi connectivity index (χ2n) is 5.81. The molecule has 0 unspecified atom stereocenters. The van der Waals surface area contributed by atoms with Crippen LogP contribution in [0.1, 0.15) is 17.5 Å². The van der Waals surface area contributed by atoms with Crippen LogP contribution in [0.5, 0.6) is 0 Å². The molecule has 1 aromatic carbocycles. The Morgan fingerprint density at radius 1 is 1.35 bits per heavy atom. The van der Waals surface area contributed by atoms with E-state index in [0.717, 1.165) is 26.1 Å². The van der Waals surface area contributed by atoms with E-state index in [4.69, 9.17) is 5.26 Å². The SMILES string of the molecule is CN(C)[C@@H]1CN(Cc2ccc(C#N)cc2)CC[C@@H]1CO. The van der Waals surface area contributed by atoms with Crippen molar-refractivity contribution in [1.82, 2.24) is 9.80 Å². The van der Waals surface area contributed by atoms with Gasteiger partial charge in [0.1, 0.15) is 0 Å². The number of benzene rings is 1. The fourth-order valence-electron chi connectivity index (χ4n) is 2.93. The van der Waals surface area contributed by atoms with E-state index in [1.807, 2.05) is 24.3 Å². The third-order valence-corrected chi connectivity index (χ3v) is 4.19. The topological polar surface area (TPSA) is 50.5 Å². The molecule has 2 rings (SSSR count). The van der Waals surface area contributed by atoms with Gasteiger partial charge in [-0.2, -0.15) is 5.26 Å². The highest BCUT2D eigenvalue weighted by Gasteiger charge is 2.29. The molecule has 1 aromatic rings. The second kappa shape index (κ2) is 6.85. The number of aliphatic hydroxyl groups excluding tert-OH is 1. The molecule has 108 valence electrons. The fraction of sp³-hybridized carbons (Fsp3) is 0.562. The van der Waals surface area contributed by atoms with Crippen LogP contribution in [0.3, 0.4) is 0 Å². The average Bonchev–Trinajstić information content (AvgIpc) is 2.48. The molecule has 1 saturated heterocycles. The first-order chi connectivity index (χ1) is 9.63. The summed E-state index contributed by atoms with van der Waals surface area (Å²) >= 11 is 0. The predicted molar refractivity (Wildman–Crippen MR) is 79.1 cm³/mol. The first-order valence-corrected chi connectivity index (χ1v) is 7.12. The molecule has 0 radical (unpaired) electrons. The van der Waals surface area contributed by atoms with Gasteiger partial charge in [-0.3, -0.25) is 4.90 Å². The highest BCUT2D eigenvalue weighted by atomic mass is 16.3. The van der Waals surface area contributed by atoms with Crippen LogP contribution in [0.15, 0.2) is 24.3 Å². The van der Waals surface area contributed by atoms with Crippen molar-refractivity contribution in [2.75, 3.05) is 33.8 Å². The zero-order valence-electron chi connectivity index (χ0n) is 12.3. The lowest BCUT2D eigenvalue weighted by Gasteiger charge is -2.41. The predicted octanol–water partition coefficient (Wildman–Crippen LogP) is 1.30. The van der Waals surface area contributed by atoms with Crippen LogP contribution >= 0.6 is 0 Å². The molecule has 1 N–H and O–H groups in total. The van der Waals surface area contributed by atoms with Crippen LogP contribution in [-0.4, -0.2) is 54.7 Å². The maximum atomic E-state index is 9.47. The summed E-state index contributed by atoms with van der Waals surface area (Å²) in [5.41, 5.74) is 1.95.